The summed E-state index contributed by atoms with van der Waals surface area (Å²) in [6.45, 7) is 8.81. The first-order valence-electron chi connectivity index (χ1n) is 9.93. The molecule has 26 heavy (non-hydrogen) atoms. The second-order valence-corrected chi connectivity index (χ2v) is 6.87. The fraction of sp³-hybridized carbons (Fsp3) is 0.524. The lowest BCUT2D eigenvalue weighted by Crippen LogP contribution is -2.31. The van der Waals surface area contributed by atoms with E-state index < -0.39 is 0 Å². The number of nitrogens with zero attached hydrogens (tertiary/aromatic N) is 4. The van der Waals surface area contributed by atoms with Gasteiger partial charge in [-0.1, -0.05) is 19.1 Å². The largest absolute Gasteiger partial charge is 0.370 e. The van der Waals surface area contributed by atoms with Crippen molar-refractivity contribution in [1.82, 2.24) is 14.9 Å². The van der Waals surface area contributed by atoms with E-state index in [-0.39, 0.29) is 0 Å². The van der Waals surface area contributed by atoms with Crippen LogP contribution in [0, 0.1) is 0 Å². The molecule has 0 aromatic carbocycles. The summed E-state index contributed by atoms with van der Waals surface area (Å²) in [5.74, 6) is 2.12. The molecule has 3 heterocycles. The Morgan fingerprint density at radius 2 is 1.96 bits per heavy atom. The molecular formula is C21H31N5. The van der Waals surface area contributed by atoms with E-state index in [2.05, 4.69) is 62.3 Å². The average Bonchev–Trinajstić information content (AvgIpc) is 2.94. The van der Waals surface area contributed by atoms with Crippen molar-refractivity contribution in [3.63, 3.8) is 0 Å². The molecule has 0 saturated carbocycles. The van der Waals surface area contributed by atoms with Crippen LogP contribution in [-0.2, 0) is 6.42 Å². The zero-order chi connectivity index (χ0) is 18.0. The average molecular weight is 354 g/mol. The molecule has 0 bridgehead atoms. The minimum atomic E-state index is 0.986. The third-order valence-corrected chi connectivity index (χ3v) is 4.94. The van der Waals surface area contributed by atoms with Crippen LogP contribution in [0.2, 0.25) is 0 Å². The van der Waals surface area contributed by atoms with Crippen molar-refractivity contribution in [1.29, 1.82) is 0 Å². The van der Waals surface area contributed by atoms with Crippen molar-refractivity contribution in [2.24, 2.45) is 0 Å². The van der Waals surface area contributed by atoms with Crippen LogP contribution in [-0.4, -0.2) is 54.1 Å². The highest BCUT2D eigenvalue weighted by atomic mass is 15.2. The minimum Gasteiger partial charge on any atom is -0.370 e. The fourth-order valence-corrected chi connectivity index (χ4v) is 3.42. The third-order valence-electron chi connectivity index (χ3n) is 4.94. The second kappa shape index (κ2) is 10.1. The Hall–Kier alpha value is -2.14. The van der Waals surface area contributed by atoms with Crippen molar-refractivity contribution >= 4 is 11.6 Å². The van der Waals surface area contributed by atoms with E-state index in [1.165, 1.54) is 32.4 Å². The lowest BCUT2D eigenvalue weighted by atomic mass is 10.2. The van der Waals surface area contributed by atoms with Crippen LogP contribution in [0.25, 0.3) is 0 Å². The van der Waals surface area contributed by atoms with E-state index in [4.69, 9.17) is 0 Å². The number of aryl methyl sites for hydroxylation is 1. The number of unbranched alkanes of at least 4 members (excludes halogenated alkanes) is 1. The molecule has 5 nitrogen and oxygen atoms in total. The first-order chi connectivity index (χ1) is 12.8. The third kappa shape index (κ3) is 5.70. The maximum Gasteiger partial charge on any atom is 0.128 e. The summed E-state index contributed by atoms with van der Waals surface area (Å²) in [4.78, 5) is 14.1. The molecule has 2 aromatic rings. The predicted octanol–water partition coefficient (Wildman–Crippen LogP) is 3.44. The van der Waals surface area contributed by atoms with Gasteiger partial charge in [0.05, 0.1) is 0 Å². The topological polar surface area (TPSA) is 44.3 Å². The van der Waals surface area contributed by atoms with Gasteiger partial charge in [0.15, 0.2) is 0 Å². The van der Waals surface area contributed by atoms with Crippen molar-refractivity contribution in [3.8, 4) is 0 Å². The van der Waals surface area contributed by atoms with Crippen LogP contribution < -0.4 is 10.2 Å². The maximum absolute atomic E-state index is 4.60. The van der Waals surface area contributed by atoms with Gasteiger partial charge >= 0.3 is 0 Å². The van der Waals surface area contributed by atoms with Gasteiger partial charge in [-0.2, -0.15) is 0 Å². The summed E-state index contributed by atoms with van der Waals surface area (Å²) >= 11 is 0. The molecule has 5 heteroatoms. The summed E-state index contributed by atoms with van der Waals surface area (Å²) < 4.78 is 0. The van der Waals surface area contributed by atoms with E-state index in [9.17, 15) is 0 Å². The minimum absolute atomic E-state index is 0.986. The molecule has 0 spiro atoms. The lowest BCUT2D eigenvalue weighted by molar-refractivity contribution is 0.288. The van der Waals surface area contributed by atoms with Crippen molar-refractivity contribution < 1.29 is 0 Å². The number of pyridine rings is 2. The molecule has 1 N–H and O–H groups in total. The normalized spacial score (nSPS) is 15.7. The van der Waals surface area contributed by atoms with Crippen LogP contribution in [0.15, 0.2) is 42.6 Å². The molecule has 140 valence electrons. The summed E-state index contributed by atoms with van der Waals surface area (Å²) in [5, 5.41) is 3.45. The predicted molar refractivity (Wildman–Crippen MR) is 109 cm³/mol. The van der Waals surface area contributed by atoms with Crippen molar-refractivity contribution in [2.45, 2.75) is 32.6 Å². The smallest absolute Gasteiger partial charge is 0.128 e. The van der Waals surface area contributed by atoms with Crippen LogP contribution in [0.4, 0.5) is 11.6 Å². The molecule has 3 rings (SSSR count). The van der Waals surface area contributed by atoms with Gasteiger partial charge in [0.1, 0.15) is 11.6 Å². The lowest BCUT2D eigenvalue weighted by Gasteiger charge is -2.22. The number of nitrogens with one attached hydrogen (secondary N) is 1. The molecule has 0 unspecified atom stereocenters. The molecule has 0 atom stereocenters. The molecule has 2 aromatic heterocycles. The fourth-order valence-electron chi connectivity index (χ4n) is 3.42. The van der Waals surface area contributed by atoms with E-state index in [0.717, 1.165) is 49.9 Å². The van der Waals surface area contributed by atoms with E-state index in [1.54, 1.807) is 0 Å². The first kappa shape index (κ1) is 18.6. The summed E-state index contributed by atoms with van der Waals surface area (Å²) in [7, 11) is 0. The summed E-state index contributed by atoms with van der Waals surface area (Å²) in [6.07, 6.45) is 6.49. The quantitative estimate of drug-likeness (QED) is 0.737. The van der Waals surface area contributed by atoms with Crippen LogP contribution in [0.3, 0.4) is 0 Å². The Kier molecular flexibility index (Phi) is 7.25. The van der Waals surface area contributed by atoms with Gasteiger partial charge in [0.25, 0.3) is 0 Å². The van der Waals surface area contributed by atoms with Crippen LogP contribution in [0.1, 0.15) is 31.9 Å². The molecule has 1 aliphatic heterocycles. The Bertz CT molecular complexity index is 646. The van der Waals surface area contributed by atoms with E-state index in [1.807, 2.05) is 12.3 Å². The van der Waals surface area contributed by atoms with Gasteiger partial charge in [0.2, 0.25) is 0 Å². The Morgan fingerprint density at radius 3 is 2.81 bits per heavy atom. The van der Waals surface area contributed by atoms with Gasteiger partial charge in [-0.05, 0) is 63.0 Å². The van der Waals surface area contributed by atoms with Crippen molar-refractivity contribution in [2.75, 3.05) is 49.5 Å². The van der Waals surface area contributed by atoms with Gasteiger partial charge < -0.3 is 15.1 Å². The summed E-state index contributed by atoms with van der Waals surface area (Å²) in [6, 6.07) is 12.4. The molecule has 1 fully saturated rings. The zero-order valence-electron chi connectivity index (χ0n) is 15.9. The SMILES string of the molecule is CCc1cccc(NCCCCN2CCCN(c3ccccn3)CC2)n1. The van der Waals surface area contributed by atoms with Gasteiger partial charge in [-0.25, -0.2) is 9.97 Å². The number of rotatable bonds is 8. The number of aromatic nitrogens is 2. The van der Waals surface area contributed by atoms with Gasteiger partial charge in [0, 0.05) is 38.1 Å². The van der Waals surface area contributed by atoms with E-state index in [0.29, 0.717) is 0 Å². The second-order valence-electron chi connectivity index (χ2n) is 6.87. The van der Waals surface area contributed by atoms with Crippen molar-refractivity contribution in [3.05, 3.63) is 48.3 Å². The standard InChI is InChI=1S/C21H31N5/c1-2-19-9-7-10-20(24-19)22-12-5-6-14-25-15-8-16-26(18-17-25)21-11-3-4-13-23-21/h3-4,7,9-11,13H,2,5-6,8,12,14-18H2,1H3,(H,22,24). The van der Waals surface area contributed by atoms with Crippen LogP contribution >= 0.6 is 0 Å². The Morgan fingerprint density at radius 1 is 1.00 bits per heavy atom. The maximum atomic E-state index is 4.60. The number of hydrogen-bond acceptors (Lipinski definition) is 5. The van der Waals surface area contributed by atoms with Gasteiger partial charge in [-0.15, -0.1) is 0 Å². The molecule has 1 saturated heterocycles. The Balaban J connectivity index is 1.34. The van der Waals surface area contributed by atoms with E-state index >= 15 is 0 Å². The molecule has 0 radical (unpaired) electrons. The monoisotopic (exact) mass is 353 g/mol. The molecule has 0 aliphatic carbocycles. The summed E-state index contributed by atoms with van der Waals surface area (Å²) in [5.41, 5.74) is 1.15. The Labute approximate surface area is 157 Å². The highest BCUT2D eigenvalue weighted by molar-refractivity contribution is 5.37. The molecule has 1 aliphatic rings. The molecule has 0 amide bonds. The highest BCUT2D eigenvalue weighted by Gasteiger charge is 2.15. The zero-order valence-corrected chi connectivity index (χ0v) is 15.9. The van der Waals surface area contributed by atoms with Crippen LogP contribution in [0.5, 0.6) is 0 Å². The number of hydrogen-bond donors (Lipinski definition) is 1. The number of anilines is 2. The highest BCUT2D eigenvalue weighted by Crippen LogP contribution is 2.13. The van der Waals surface area contributed by atoms with Gasteiger partial charge in [-0.3, -0.25) is 0 Å². The molecular weight excluding hydrogens is 322 g/mol. The first-order valence-corrected chi connectivity index (χ1v) is 9.93.